The molecule has 1 heterocycles. The lowest BCUT2D eigenvalue weighted by atomic mass is 10.0. The van der Waals surface area contributed by atoms with Gasteiger partial charge in [-0.15, -0.1) is 0 Å². The quantitative estimate of drug-likeness (QED) is 0.928. The van der Waals surface area contributed by atoms with E-state index in [1.807, 2.05) is 7.05 Å². The molecule has 1 aromatic carbocycles. The third kappa shape index (κ3) is 3.00. The van der Waals surface area contributed by atoms with Crippen molar-refractivity contribution in [2.45, 2.75) is 13.0 Å². The van der Waals surface area contributed by atoms with E-state index in [9.17, 15) is 0 Å². The van der Waals surface area contributed by atoms with Crippen LogP contribution in [0.2, 0.25) is 0 Å². The van der Waals surface area contributed by atoms with Gasteiger partial charge in [-0.1, -0.05) is 22.0 Å². The van der Waals surface area contributed by atoms with Crippen LogP contribution in [0.5, 0.6) is 0 Å². The van der Waals surface area contributed by atoms with Crippen molar-refractivity contribution in [3.63, 3.8) is 0 Å². The van der Waals surface area contributed by atoms with Crippen molar-refractivity contribution in [2.24, 2.45) is 0 Å². The van der Waals surface area contributed by atoms with E-state index >= 15 is 0 Å². The van der Waals surface area contributed by atoms with Gasteiger partial charge in [0, 0.05) is 29.3 Å². The van der Waals surface area contributed by atoms with E-state index in [0.29, 0.717) is 6.04 Å². The molecule has 1 aromatic rings. The highest BCUT2D eigenvalue weighted by molar-refractivity contribution is 9.10. The van der Waals surface area contributed by atoms with Crippen LogP contribution in [-0.4, -0.2) is 33.4 Å². The molecule has 0 aromatic heterocycles. The van der Waals surface area contributed by atoms with Crippen LogP contribution in [0.1, 0.15) is 18.5 Å². The summed E-state index contributed by atoms with van der Waals surface area (Å²) in [6.07, 6.45) is 0. The zero-order chi connectivity index (χ0) is 12.3. The molecule has 1 aliphatic rings. The van der Waals surface area contributed by atoms with Crippen molar-refractivity contribution >= 4 is 21.6 Å². The highest BCUT2D eigenvalue weighted by atomic mass is 79.9. The fraction of sp³-hybridized carbons (Fsp3) is 0.538. The Hall–Kier alpha value is -0.580. The highest BCUT2D eigenvalue weighted by Gasteiger charge is 2.17. The van der Waals surface area contributed by atoms with Crippen molar-refractivity contribution in [1.29, 1.82) is 0 Å². The van der Waals surface area contributed by atoms with E-state index in [2.05, 4.69) is 51.3 Å². The van der Waals surface area contributed by atoms with Gasteiger partial charge in [-0.05, 0) is 31.7 Å². The maximum Gasteiger partial charge on any atom is 0.0642 e. The molecule has 0 bridgehead atoms. The maximum absolute atomic E-state index is 5.41. The number of hydrogen-bond donors (Lipinski definition) is 1. The first-order valence-corrected chi connectivity index (χ1v) is 6.81. The average molecular weight is 299 g/mol. The number of anilines is 1. The molecule has 0 spiro atoms. The Morgan fingerprint density at radius 1 is 1.35 bits per heavy atom. The molecule has 1 N–H and O–H groups in total. The minimum atomic E-state index is 0.362. The Labute approximate surface area is 111 Å². The molecule has 4 heteroatoms. The van der Waals surface area contributed by atoms with Crippen LogP contribution < -0.4 is 10.2 Å². The summed E-state index contributed by atoms with van der Waals surface area (Å²) in [5, 5.41) is 3.31. The molecule has 3 nitrogen and oxygen atoms in total. The molecule has 0 aliphatic carbocycles. The summed E-state index contributed by atoms with van der Waals surface area (Å²) < 4.78 is 6.54. The van der Waals surface area contributed by atoms with E-state index in [1.165, 1.54) is 11.3 Å². The zero-order valence-electron chi connectivity index (χ0n) is 10.4. The number of ether oxygens (including phenoxy) is 1. The van der Waals surface area contributed by atoms with Gasteiger partial charge in [0.05, 0.1) is 13.2 Å². The monoisotopic (exact) mass is 298 g/mol. The first-order valence-electron chi connectivity index (χ1n) is 6.02. The summed E-state index contributed by atoms with van der Waals surface area (Å²) in [5.74, 6) is 0. The minimum absolute atomic E-state index is 0.362. The zero-order valence-corrected chi connectivity index (χ0v) is 12.0. The fourth-order valence-electron chi connectivity index (χ4n) is 2.12. The summed E-state index contributed by atoms with van der Waals surface area (Å²) in [4.78, 5) is 2.40. The fourth-order valence-corrected chi connectivity index (χ4v) is 2.47. The van der Waals surface area contributed by atoms with Crippen LogP contribution in [0.4, 0.5) is 5.69 Å². The summed E-state index contributed by atoms with van der Waals surface area (Å²) >= 11 is 3.56. The minimum Gasteiger partial charge on any atom is -0.378 e. The standard InChI is InChI=1S/C13H19BrN2O/c1-10(15-2)12-4-3-11(14)9-13(12)16-5-7-17-8-6-16/h3-4,9-10,15H,5-8H2,1-2H3. The van der Waals surface area contributed by atoms with Gasteiger partial charge in [0.25, 0.3) is 0 Å². The maximum atomic E-state index is 5.41. The molecule has 1 unspecified atom stereocenters. The summed E-state index contributed by atoms with van der Waals surface area (Å²) in [5.41, 5.74) is 2.65. The lowest BCUT2D eigenvalue weighted by molar-refractivity contribution is 0.122. The van der Waals surface area contributed by atoms with Gasteiger partial charge in [-0.2, -0.15) is 0 Å². The number of halogens is 1. The Balaban J connectivity index is 2.31. The second-order valence-electron chi connectivity index (χ2n) is 4.31. The van der Waals surface area contributed by atoms with Gasteiger partial charge < -0.3 is 15.0 Å². The van der Waals surface area contributed by atoms with Crippen molar-refractivity contribution in [3.05, 3.63) is 28.2 Å². The predicted molar refractivity (Wildman–Crippen MR) is 74.6 cm³/mol. The van der Waals surface area contributed by atoms with Crippen molar-refractivity contribution in [1.82, 2.24) is 5.32 Å². The molecule has 2 rings (SSSR count). The van der Waals surface area contributed by atoms with Gasteiger partial charge in [0.15, 0.2) is 0 Å². The molecule has 0 saturated carbocycles. The largest absolute Gasteiger partial charge is 0.378 e. The van der Waals surface area contributed by atoms with Crippen molar-refractivity contribution in [2.75, 3.05) is 38.3 Å². The molecule has 1 aliphatic heterocycles. The van der Waals surface area contributed by atoms with Gasteiger partial charge >= 0.3 is 0 Å². The summed E-state index contributed by atoms with van der Waals surface area (Å²) in [6.45, 7) is 5.77. The first-order chi connectivity index (χ1) is 8.22. The lowest BCUT2D eigenvalue weighted by Gasteiger charge is -2.32. The Morgan fingerprint density at radius 3 is 2.71 bits per heavy atom. The van der Waals surface area contributed by atoms with Gasteiger partial charge in [0.2, 0.25) is 0 Å². The van der Waals surface area contributed by atoms with E-state index in [0.717, 1.165) is 30.8 Å². The van der Waals surface area contributed by atoms with Crippen molar-refractivity contribution < 1.29 is 4.74 Å². The second kappa shape index (κ2) is 5.85. The van der Waals surface area contributed by atoms with Crippen LogP contribution in [0.15, 0.2) is 22.7 Å². The highest BCUT2D eigenvalue weighted by Crippen LogP contribution is 2.30. The number of morpholine rings is 1. The van der Waals surface area contributed by atoms with Crippen molar-refractivity contribution in [3.8, 4) is 0 Å². The molecule has 1 saturated heterocycles. The summed E-state index contributed by atoms with van der Waals surface area (Å²) in [6, 6.07) is 6.86. The second-order valence-corrected chi connectivity index (χ2v) is 5.23. The number of hydrogen-bond acceptors (Lipinski definition) is 3. The first kappa shape index (κ1) is 12.9. The van der Waals surface area contributed by atoms with Crippen LogP contribution in [0.3, 0.4) is 0 Å². The molecule has 0 amide bonds. The number of nitrogens with zero attached hydrogens (tertiary/aromatic N) is 1. The average Bonchev–Trinajstić information content (AvgIpc) is 2.39. The number of rotatable bonds is 3. The van der Waals surface area contributed by atoms with Crippen LogP contribution in [-0.2, 0) is 4.74 Å². The number of nitrogens with one attached hydrogen (secondary N) is 1. The lowest BCUT2D eigenvalue weighted by Crippen LogP contribution is -2.37. The molecule has 0 radical (unpaired) electrons. The Morgan fingerprint density at radius 2 is 2.06 bits per heavy atom. The van der Waals surface area contributed by atoms with Crippen LogP contribution >= 0.6 is 15.9 Å². The van der Waals surface area contributed by atoms with E-state index in [4.69, 9.17) is 4.74 Å². The van der Waals surface area contributed by atoms with Crippen LogP contribution in [0, 0.1) is 0 Å². The Kier molecular flexibility index (Phi) is 4.42. The summed E-state index contributed by atoms with van der Waals surface area (Å²) in [7, 11) is 2.00. The Bertz CT molecular complexity index is 378. The topological polar surface area (TPSA) is 24.5 Å². The van der Waals surface area contributed by atoms with Gasteiger partial charge in [-0.3, -0.25) is 0 Å². The normalized spacial score (nSPS) is 18.2. The van der Waals surface area contributed by atoms with E-state index < -0.39 is 0 Å². The number of benzene rings is 1. The molecule has 1 atom stereocenters. The van der Waals surface area contributed by atoms with Gasteiger partial charge in [0.1, 0.15) is 0 Å². The molecule has 94 valence electrons. The van der Waals surface area contributed by atoms with E-state index in [-0.39, 0.29) is 0 Å². The molecule has 1 fully saturated rings. The van der Waals surface area contributed by atoms with Gasteiger partial charge in [-0.25, -0.2) is 0 Å². The SMILES string of the molecule is CNC(C)c1ccc(Br)cc1N1CCOCC1. The van der Waals surface area contributed by atoms with Crippen LogP contribution in [0.25, 0.3) is 0 Å². The third-order valence-electron chi connectivity index (χ3n) is 3.24. The molecular formula is C13H19BrN2O. The third-order valence-corrected chi connectivity index (χ3v) is 3.74. The van der Waals surface area contributed by atoms with E-state index in [1.54, 1.807) is 0 Å². The smallest absolute Gasteiger partial charge is 0.0642 e. The predicted octanol–water partition coefficient (Wildman–Crippen LogP) is 2.57. The molecule has 17 heavy (non-hydrogen) atoms. The molecular weight excluding hydrogens is 280 g/mol.